The zero-order chi connectivity index (χ0) is 21.7. The third kappa shape index (κ3) is 5.30. The molecule has 2 aromatic carbocycles. The lowest BCUT2D eigenvalue weighted by molar-refractivity contribution is 0.386. The molecule has 7 heteroatoms. The van der Waals surface area contributed by atoms with Gasteiger partial charge in [0, 0.05) is 24.2 Å². The third-order valence-corrected chi connectivity index (χ3v) is 4.73. The summed E-state index contributed by atoms with van der Waals surface area (Å²) in [5, 5.41) is 4.47. The topological polar surface area (TPSA) is 47.4 Å². The molecule has 1 heterocycles. The standard InChI is InChI=1S/C23H25F2N3O2/c1-27(2)15-18-14-21(17-8-11-22(30-3)20(25)13-17)26-28(23(18)29)12-4-5-16-6-9-19(24)10-7-16/h6-11,13-14H,4-5,12,15H2,1-3H3. The van der Waals surface area contributed by atoms with Gasteiger partial charge in [-0.2, -0.15) is 5.10 Å². The summed E-state index contributed by atoms with van der Waals surface area (Å²) >= 11 is 0. The van der Waals surface area contributed by atoms with Crippen molar-refractivity contribution in [3.05, 3.63) is 81.6 Å². The number of halogens is 2. The summed E-state index contributed by atoms with van der Waals surface area (Å²) in [4.78, 5) is 14.8. The van der Waals surface area contributed by atoms with Crippen LogP contribution in [0.15, 0.2) is 53.3 Å². The molecule has 0 aliphatic heterocycles. The summed E-state index contributed by atoms with van der Waals surface area (Å²) in [7, 11) is 5.17. The van der Waals surface area contributed by atoms with Gasteiger partial charge in [-0.3, -0.25) is 4.79 Å². The van der Waals surface area contributed by atoms with Gasteiger partial charge in [-0.05, 0) is 68.9 Å². The number of hydrogen-bond donors (Lipinski definition) is 0. The Morgan fingerprint density at radius 1 is 1.07 bits per heavy atom. The second-order valence-electron chi connectivity index (χ2n) is 7.40. The Balaban J connectivity index is 1.89. The zero-order valence-electron chi connectivity index (χ0n) is 17.4. The lowest BCUT2D eigenvalue weighted by Gasteiger charge is -2.14. The van der Waals surface area contributed by atoms with E-state index in [4.69, 9.17) is 4.74 Å². The van der Waals surface area contributed by atoms with Crippen LogP contribution in [0.3, 0.4) is 0 Å². The number of methoxy groups -OCH3 is 1. The zero-order valence-corrected chi connectivity index (χ0v) is 17.4. The first-order valence-electron chi connectivity index (χ1n) is 9.71. The van der Waals surface area contributed by atoms with Gasteiger partial charge in [0.1, 0.15) is 5.82 Å². The molecule has 0 radical (unpaired) electrons. The van der Waals surface area contributed by atoms with Crippen molar-refractivity contribution in [1.82, 2.24) is 14.7 Å². The highest BCUT2D eigenvalue weighted by molar-refractivity contribution is 5.60. The molecule has 3 aromatic rings. The van der Waals surface area contributed by atoms with Crippen LogP contribution in [-0.2, 0) is 19.5 Å². The van der Waals surface area contributed by atoms with Crippen molar-refractivity contribution in [3.63, 3.8) is 0 Å². The van der Waals surface area contributed by atoms with Crippen LogP contribution in [0.5, 0.6) is 5.75 Å². The Morgan fingerprint density at radius 2 is 1.80 bits per heavy atom. The number of nitrogens with zero attached hydrogens (tertiary/aromatic N) is 3. The van der Waals surface area contributed by atoms with Crippen LogP contribution < -0.4 is 10.3 Å². The minimum Gasteiger partial charge on any atom is -0.494 e. The molecule has 0 atom stereocenters. The summed E-state index contributed by atoms with van der Waals surface area (Å²) in [6, 6.07) is 12.6. The average molecular weight is 413 g/mol. The van der Waals surface area contributed by atoms with Crippen LogP contribution in [-0.4, -0.2) is 35.9 Å². The van der Waals surface area contributed by atoms with Crippen LogP contribution in [0.1, 0.15) is 17.5 Å². The van der Waals surface area contributed by atoms with Crippen molar-refractivity contribution in [2.75, 3.05) is 21.2 Å². The molecule has 5 nitrogen and oxygen atoms in total. The van der Waals surface area contributed by atoms with Crippen LogP contribution >= 0.6 is 0 Å². The van der Waals surface area contributed by atoms with Gasteiger partial charge in [-0.15, -0.1) is 0 Å². The van der Waals surface area contributed by atoms with Crippen LogP contribution in [0.25, 0.3) is 11.3 Å². The monoisotopic (exact) mass is 413 g/mol. The summed E-state index contributed by atoms with van der Waals surface area (Å²) in [5.41, 5.74) is 2.50. The van der Waals surface area contributed by atoms with E-state index < -0.39 is 5.82 Å². The third-order valence-electron chi connectivity index (χ3n) is 4.73. The smallest absolute Gasteiger partial charge is 0.271 e. The van der Waals surface area contributed by atoms with Crippen LogP contribution in [0, 0.1) is 11.6 Å². The van der Waals surface area contributed by atoms with E-state index in [0.29, 0.717) is 42.8 Å². The molecule has 0 saturated heterocycles. The molecular formula is C23H25F2N3O2. The number of rotatable bonds is 8. The lowest BCUT2D eigenvalue weighted by atomic mass is 10.1. The molecule has 158 valence electrons. The molecule has 0 amide bonds. The summed E-state index contributed by atoms with van der Waals surface area (Å²) < 4.78 is 33.7. The number of aromatic nitrogens is 2. The second kappa shape index (κ2) is 9.63. The predicted molar refractivity (Wildman–Crippen MR) is 113 cm³/mol. The number of aryl methyl sites for hydroxylation is 2. The van der Waals surface area contributed by atoms with Crippen LogP contribution in [0.4, 0.5) is 8.78 Å². The van der Waals surface area contributed by atoms with Gasteiger partial charge in [0.2, 0.25) is 0 Å². The number of hydrogen-bond acceptors (Lipinski definition) is 4. The highest BCUT2D eigenvalue weighted by Crippen LogP contribution is 2.24. The van der Waals surface area contributed by atoms with Crippen molar-refractivity contribution in [2.45, 2.75) is 25.9 Å². The molecule has 1 aromatic heterocycles. The molecule has 0 fully saturated rings. The predicted octanol–water partition coefficient (Wildman–Crippen LogP) is 3.89. The van der Waals surface area contributed by atoms with Crippen molar-refractivity contribution in [1.29, 1.82) is 0 Å². The molecule has 0 aliphatic carbocycles. The van der Waals surface area contributed by atoms with E-state index in [1.807, 2.05) is 19.0 Å². The molecule has 3 rings (SSSR count). The number of ether oxygens (including phenoxy) is 1. The minimum absolute atomic E-state index is 0.153. The van der Waals surface area contributed by atoms with Gasteiger partial charge in [0.05, 0.1) is 12.8 Å². The lowest BCUT2D eigenvalue weighted by Crippen LogP contribution is -2.29. The first kappa shape index (κ1) is 21.6. The maximum absolute atomic E-state index is 14.2. The Bertz CT molecular complexity index is 1060. The highest BCUT2D eigenvalue weighted by atomic mass is 19.1. The van der Waals surface area contributed by atoms with Crippen molar-refractivity contribution < 1.29 is 13.5 Å². The Kier molecular flexibility index (Phi) is 6.95. The average Bonchev–Trinajstić information content (AvgIpc) is 2.71. The van der Waals surface area contributed by atoms with E-state index in [2.05, 4.69) is 5.10 Å². The van der Waals surface area contributed by atoms with Gasteiger partial charge < -0.3 is 9.64 Å². The summed E-state index contributed by atoms with van der Waals surface area (Å²) in [5.74, 6) is -0.607. The van der Waals surface area contributed by atoms with Crippen molar-refractivity contribution in [3.8, 4) is 17.0 Å². The number of benzene rings is 2. The van der Waals surface area contributed by atoms with E-state index in [-0.39, 0.29) is 17.1 Å². The normalized spacial score (nSPS) is 11.1. The molecule has 0 N–H and O–H groups in total. The van der Waals surface area contributed by atoms with E-state index in [1.165, 1.54) is 30.0 Å². The van der Waals surface area contributed by atoms with Gasteiger partial charge >= 0.3 is 0 Å². The minimum atomic E-state index is -0.486. The Labute approximate surface area is 174 Å². The summed E-state index contributed by atoms with van der Waals surface area (Å²) in [6.45, 7) is 0.855. The Hall–Kier alpha value is -3.06. The quantitative estimate of drug-likeness (QED) is 0.562. The molecule has 0 unspecified atom stereocenters. The van der Waals surface area contributed by atoms with E-state index in [0.717, 1.165) is 5.56 Å². The summed E-state index contributed by atoms with van der Waals surface area (Å²) in [6.07, 6.45) is 1.36. The SMILES string of the molecule is COc1ccc(-c2cc(CN(C)C)c(=O)n(CCCc3ccc(F)cc3)n2)cc1F. The fourth-order valence-corrected chi connectivity index (χ4v) is 3.25. The highest BCUT2D eigenvalue weighted by Gasteiger charge is 2.13. The van der Waals surface area contributed by atoms with Gasteiger partial charge in [-0.1, -0.05) is 12.1 Å². The molecular weight excluding hydrogens is 388 g/mol. The van der Waals surface area contributed by atoms with E-state index in [9.17, 15) is 13.6 Å². The van der Waals surface area contributed by atoms with Crippen molar-refractivity contribution in [2.24, 2.45) is 0 Å². The first-order chi connectivity index (χ1) is 14.4. The Morgan fingerprint density at radius 3 is 2.43 bits per heavy atom. The fourth-order valence-electron chi connectivity index (χ4n) is 3.25. The van der Waals surface area contributed by atoms with E-state index >= 15 is 0 Å². The molecule has 0 bridgehead atoms. The molecule has 0 aliphatic rings. The largest absolute Gasteiger partial charge is 0.494 e. The maximum atomic E-state index is 14.2. The van der Waals surface area contributed by atoms with Gasteiger partial charge in [0.15, 0.2) is 11.6 Å². The van der Waals surface area contributed by atoms with Gasteiger partial charge in [0.25, 0.3) is 5.56 Å². The van der Waals surface area contributed by atoms with E-state index in [1.54, 1.807) is 30.3 Å². The maximum Gasteiger partial charge on any atom is 0.271 e. The second-order valence-corrected chi connectivity index (χ2v) is 7.40. The molecule has 0 saturated carbocycles. The van der Waals surface area contributed by atoms with Crippen molar-refractivity contribution >= 4 is 0 Å². The van der Waals surface area contributed by atoms with Gasteiger partial charge in [-0.25, -0.2) is 13.5 Å². The van der Waals surface area contributed by atoms with Crippen LogP contribution in [0.2, 0.25) is 0 Å². The first-order valence-corrected chi connectivity index (χ1v) is 9.71. The fraction of sp³-hybridized carbons (Fsp3) is 0.304. The molecule has 0 spiro atoms. The molecule has 30 heavy (non-hydrogen) atoms.